The standard InChI is InChI=1S/C10H14INOS/c1-3-4-5-12(2)10(13)8-6-9(11)14-7-8/h6-7H,3-5H2,1-2H3. The first-order valence-electron chi connectivity index (χ1n) is 4.64. The van der Waals surface area contributed by atoms with Crippen LogP contribution in [0.25, 0.3) is 0 Å². The summed E-state index contributed by atoms with van der Waals surface area (Å²) >= 11 is 3.85. The molecule has 0 aliphatic rings. The zero-order valence-corrected chi connectivity index (χ0v) is 11.4. The number of rotatable bonds is 4. The minimum Gasteiger partial charge on any atom is -0.342 e. The highest BCUT2D eigenvalue weighted by molar-refractivity contribution is 14.1. The number of unbranched alkanes of at least 4 members (excludes halogenated alkanes) is 1. The number of carbonyl (C=O) groups excluding carboxylic acids is 1. The summed E-state index contributed by atoms with van der Waals surface area (Å²) in [5, 5.41) is 1.92. The molecule has 0 unspecified atom stereocenters. The largest absolute Gasteiger partial charge is 0.342 e. The van der Waals surface area contributed by atoms with Gasteiger partial charge < -0.3 is 4.90 Å². The Bertz CT molecular complexity index is 311. The van der Waals surface area contributed by atoms with E-state index in [1.807, 2.05) is 18.5 Å². The Balaban J connectivity index is 2.56. The summed E-state index contributed by atoms with van der Waals surface area (Å²) in [6.45, 7) is 2.98. The van der Waals surface area contributed by atoms with Crippen LogP contribution in [0, 0.1) is 2.88 Å². The van der Waals surface area contributed by atoms with Crippen molar-refractivity contribution >= 4 is 39.8 Å². The Morgan fingerprint density at radius 1 is 1.64 bits per heavy atom. The van der Waals surface area contributed by atoms with Gasteiger partial charge in [0.05, 0.1) is 8.45 Å². The van der Waals surface area contributed by atoms with Crippen LogP contribution in [0.5, 0.6) is 0 Å². The summed E-state index contributed by atoms with van der Waals surface area (Å²) < 4.78 is 1.16. The lowest BCUT2D eigenvalue weighted by Gasteiger charge is -2.15. The lowest BCUT2D eigenvalue weighted by Crippen LogP contribution is -2.27. The average Bonchev–Trinajstić information content (AvgIpc) is 2.60. The topological polar surface area (TPSA) is 20.3 Å². The molecule has 0 aromatic carbocycles. The zero-order chi connectivity index (χ0) is 10.6. The molecule has 0 saturated carbocycles. The van der Waals surface area contributed by atoms with Crippen LogP contribution in [-0.2, 0) is 0 Å². The molecule has 0 spiro atoms. The van der Waals surface area contributed by atoms with E-state index in [-0.39, 0.29) is 5.91 Å². The van der Waals surface area contributed by atoms with Crippen LogP contribution >= 0.6 is 33.9 Å². The molecule has 0 bridgehead atoms. The lowest BCUT2D eigenvalue weighted by atomic mass is 10.2. The maximum atomic E-state index is 11.8. The van der Waals surface area contributed by atoms with Crippen LogP contribution in [0.2, 0.25) is 0 Å². The minimum atomic E-state index is 0.137. The van der Waals surface area contributed by atoms with Gasteiger partial charge in [-0.3, -0.25) is 4.79 Å². The van der Waals surface area contributed by atoms with Crippen molar-refractivity contribution in [1.29, 1.82) is 0 Å². The van der Waals surface area contributed by atoms with Gasteiger partial charge in [0.15, 0.2) is 0 Å². The Morgan fingerprint density at radius 3 is 2.86 bits per heavy atom. The second kappa shape index (κ2) is 5.70. The molecule has 0 radical (unpaired) electrons. The number of nitrogens with zero attached hydrogens (tertiary/aromatic N) is 1. The molecule has 1 aromatic heterocycles. The predicted molar refractivity (Wildman–Crippen MR) is 68.9 cm³/mol. The molecule has 0 fully saturated rings. The Hall–Kier alpha value is -0.100. The molecule has 1 aromatic rings. The maximum absolute atomic E-state index is 11.8. The van der Waals surface area contributed by atoms with Crippen molar-refractivity contribution in [3.63, 3.8) is 0 Å². The fraction of sp³-hybridized carbons (Fsp3) is 0.500. The van der Waals surface area contributed by atoms with Crippen molar-refractivity contribution in [3.8, 4) is 0 Å². The van der Waals surface area contributed by atoms with E-state index < -0.39 is 0 Å². The third-order valence-corrected chi connectivity index (χ3v) is 3.80. The molecule has 14 heavy (non-hydrogen) atoms. The van der Waals surface area contributed by atoms with E-state index in [4.69, 9.17) is 0 Å². The third-order valence-electron chi connectivity index (χ3n) is 2.01. The maximum Gasteiger partial charge on any atom is 0.254 e. The summed E-state index contributed by atoms with van der Waals surface area (Å²) in [6, 6.07) is 1.94. The first-order chi connectivity index (χ1) is 6.65. The van der Waals surface area contributed by atoms with Gasteiger partial charge in [-0.05, 0) is 35.1 Å². The fourth-order valence-corrected chi connectivity index (χ4v) is 2.46. The van der Waals surface area contributed by atoms with Crippen LogP contribution in [0.3, 0.4) is 0 Å². The molecule has 0 saturated heterocycles. The van der Waals surface area contributed by atoms with Crippen LogP contribution in [0.1, 0.15) is 30.1 Å². The number of hydrogen-bond donors (Lipinski definition) is 0. The molecule has 0 aliphatic carbocycles. The van der Waals surface area contributed by atoms with Crippen LogP contribution in [0.15, 0.2) is 11.4 Å². The smallest absolute Gasteiger partial charge is 0.254 e. The molecule has 4 heteroatoms. The minimum absolute atomic E-state index is 0.137. The molecule has 1 amide bonds. The van der Waals surface area contributed by atoms with Crippen molar-refractivity contribution in [2.24, 2.45) is 0 Å². The van der Waals surface area contributed by atoms with E-state index in [2.05, 4.69) is 29.5 Å². The molecule has 1 heterocycles. The Labute approximate surface area is 102 Å². The lowest BCUT2D eigenvalue weighted by molar-refractivity contribution is 0.0794. The monoisotopic (exact) mass is 323 g/mol. The first kappa shape index (κ1) is 12.0. The number of amides is 1. The highest BCUT2D eigenvalue weighted by atomic mass is 127. The fourth-order valence-electron chi connectivity index (χ4n) is 1.14. The molecule has 1 rings (SSSR count). The quantitative estimate of drug-likeness (QED) is 0.779. The van der Waals surface area contributed by atoms with E-state index in [1.54, 1.807) is 16.2 Å². The van der Waals surface area contributed by atoms with E-state index >= 15 is 0 Å². The molecule has 0 N–H and O–H groups in total. The highest BCUT2D eigenvalue weighted by Gasteiger charge is 2.12. The van der Waals surface area contributed by atoms with Gasteiger partial charge in [-0.2, -0.15) is 0 Å². The normalized spacial score (nSPS) is 10.2. The number of halogens is 1. The summed E-state index contributed by atoms with van der Waals surface area (Å²) in [5.41, 5.74) is 0.818. The summed E-state index contributed by atoms with van der Waals surface area (Å²) in [6.07, 6.45) is 2.20. The summed E-state index contributed by atoms with van der Waals surface area (Å²) in [5.74, 6) is 0.137. The van der Waals surface area contributed by atoms with Gasteiger partial charge in [-0.1, -0.05) is 13.3 Å². The van der Waals surface area contributed by atoms with Crippen molar-refractivity contribution in [1.82, 2.24) is 4.90 Å². The summed E-state index contributed by atoms with van der Waals surface area (Å²) in [4.78, 5) is 13.6. The third kappa shape index (κ3) is 3.24. The second-order valence-corrected chi connectivity index (χ2v) is 6.03. The molecule has 0 aliphatic heterocycles. The van der Waals surface area contributed by atoms with Crippen LogP contribution in [-0.4, -0.2) is 24.4 Å². The van der Waals surface area contributed by atoms with Gasteiger partial charge in [0.25, 0.3) is 5.91 Å². The van der Waals surface area contributed by atoms with Crippen molar-refractivity contribution < 1.29 is 4.79 Å². The number of thiophene rings is 1. The van der Waals surface area contributed by atoms with Gasteiger partial charge in [0.2, 0.25) is 0 Å². The number of carbonyl (C=O) groups is 1. The molecule has 78 valence electrons. The Kier molecular flexibility index (Phi) is 4.88. The second-order valence-electron chi connectivity index (χ2n) is 3.22. The molecule has 2 nitrogen and oxygen atoms in total. The van der Waals surface area contributed by atoms with Gasteiger partial charge in [-0.15, -0.1) is 11.3 Å². The van der Waals surface area contributed by atoms with Gasteiger partial charge in [0, 0.05) is 19.0 Å². The van der Waals surface area contributed by atoms with E-state index in [0.29, 0.717) is 0 Å². The molecular weight excluding hydrogens is 309 g/mol. The van der Waals surface area contributed by atoms with Crippen LogP contribution < -0.4 is 0 Å². The highest BCUT2D eigenvalue weighted by Crippen LogP contribution is 2.17. The molecular formula is C10H14INOS. The van der Waals surface area contributed by atoms with Gasteiger partial charge >= 0.3 is 0 Å². The van der Waals surface area contributed by atoms with Gasteiger partial charge in [0.1, 0.15) is 0 Å². The van der Waals surface area contributed by atoms with Crippen LogP contribution in [0.4, 0.5) is 0 Å². The van der Waals surface area contributed by atoms with E-state index in [1.165, 1.54) is 0 Å². The van der Waals surface area contributed by atoms with E-state index in [0.717, 1.165) is 27.8 Å². The van der Waals surface area contributed by atoms with Gasteiger partial charge in [-0.25, -0.2) is 0 Å². The van der Waals surface area contributed by atoms with Crippen molar-refractivity contribution in [2.45, 2.75) is 19.8 Å². The van der Waals surface area contributed by atoms with E-state index in [9.17, 15) is 4.79 Å². The first-order valence-corrected chi connectivity index (χ1v) is 6.60. The molecule has 0 atom stereocenters. The number of hydrogen-bond acceptors (Lipinski definition) is 2. The summed E-state index contributed by atoms with van der Waals surface area (Å²) in [7, 11) is 1.86. The van der Waals surface area contributed by atoms with Crippen molar-refractivity contribution in [2.75, 3.05) is 13.6 Å². The Morgan fingerprint density at radius 2 is 2.36 bits per heavy atom. The van der Waals surface area contributed by atoms with Crippen molar-refractivity contribution in [3.05, 3.63) is 19.9 Å². The SMILES string of the molecule is CCCCN(C)C(=O)c1csc(I)c1. The predicted octanol–water partition coefficient (Wildman–Crippen LogP) is 3.22. The zero-order valence-electron chi connectivity index (χ0n) is 8.42. The average molecular weight is 323 g/mol.